The van der Waals surface area contributed by atoms with Crippen LogP contribution in [0.2, 0.25) is 0 Å². The Bertz CT molecular complexity index is 379. The first-order valence-corrected chi connectivity index (χ1v) is 8.20. The Kier molecular flexibility index (Phi) is 10.6. The van der Waals surface area contributed by atoms with E-state index in [2.05, 4.69) is 5.32 Å². The van der Waals surface area contributed by atoms with E-state index < -0.39 is 12.7 Å². The number of nitrogens with one attached hydrogen (secondary N) is 1. The highest BCUT2D eigenvalue weighted by atomic mass is 35.5. The van der Waals surface area contributed by atoms with Crippen molar-refractivity contribution in [3.63, 3.8) is 0 Å². The van der Waals surface area contributed by atoms with Crippen LogP contribution in [-0.2, 0) is 4.79 Å². The van der Waals surface area contributed by atoms with E-state index in [1.54, 1.807) is 6.92 Å². The van der Waals surface area contributed by atoms with Gasteiger partial charge < -0.3 is 10.2 Å². The van der Waals surface area contributed by atoms with Crippen molar-refractivity contribution in [2.75, 3.05) is 39.3 Å². The molecule has 2 rings (SSSR count). The highest BCUT2D eigenvalue weighted by Gasteiger charge is 2.34. The van der Waals surface area contributed by atoms with Gasteiger partial charge in [-0.25, -0.2) is 0 Å². The Morgan fingerprint density at radius 1 is 1.25 bits per heavy atom. The van der Waals surface area contributed by atoms with E-state index in [1.165, 1.54) is 4.90 Å². The number of hydrogen-bond donors (Lipinski definition) is 1. The summed E-state index contributed by atoms with van der Waals surface area (Å²) < 4.78 is 37.5. The second-order valence-corrected chi connectivity index (χ2v) is 6.38. The summed E-state index contributed by atoms with van der Waals surface area (Å²) in [7, 11) is 0. The Labute approximate surface area is 154 Å². The third kappa shape index (κ3) is 7.33. The van der Waals surface area contributed by atoms with Gasteiger partial charge in [0.1, 0.15) is 0 Å². The fourth-order valence-electron chi connectivity index (χ4n) is 3.39. The van der Waals surface area contributed by atoms with Crippen LogP contribution in [0.4, 0.5) is 13.2 Å². The number of amides is 1. The summed E-state index contributed by atoms with van der Waals surface area (Å²) in [5.74, 6) is 0.274. The highest BCUT2D eigenvalue weighted by molar-refractivity contribution is 5.85. The van der Waals surface area contributed by atoms with E-state index in [9.17, 15) is 18.0 Å². The standard InChI is InChI=1S/C15H26F3N3O.2ClH/c1-2-20(11-15(16,17)18)9-12-6-8-21(10-12)14(22)13-5-3-4-7-19-13;;/h12-13,19H,2-11H2,1H3;2*1H/t12?,13-;;/m1../s1. The number of nitrogens with zero attached hydrogens (tertiary/aromatic N) is 2. The molecule has 2 heterocycles. The predicted octanol–water partition coefficient (Wildman–Crippen LogP) is 2.70. The van der Waals surface area contributed by atoms with Crippen LogP contribution in [0.5, 0.6) is 0 Å². The predicted molar refractivity (Wildman–Crippen MR) is 93.0 cm³/mol. The molecule has 0 spiro atoms. The molecular weight excluding hydrogens is 366 g/mol. The van der Waals surface area contributed by atoms with Gasteiger partial charge in [-0.05, 0) is 38.3 Å². The van der Waals surface area contributed by atoms with Crippen LogP contribution >= 0.6 is 24.8 Å². The monoisotopic (exact) mass is 393 g/mol. The average molecular weight is 394 g/mol. The van der Waals surface area contributed by atoms with Crippen molar-refractivity contribution in [2.24, 2.45) is 5.92 Å². The Morgan fingerprint density at radius 3 is 2.50 bits per heavy atom. The average Bonchev–Trinajstić information content (AvgIpc) is 2.93. The first kappa shape index (κ1) is 23.8. The minimum absolute atomic E-state index is 0. The van der Waals surface area contributed by atoms with Gasteiger partial charge in [0.15, 0.2) is 0 Å². The van der Waals surface area contributed by atoms with Gasteiger partial charge in [0.25, 0.3) is 0 Å². The van der Waals surface area contributed by atoms with Crippen LogP contribution in [0.1, 0.15) is 32.6 Å². The number of likely N-dealkylation sites (tertiary alicyclic amines) is 1. The van der Waals surface area contributed by atoms with Crippen molar-refractivity contribution >= 4 is 30.7 Å². The number of rotatable bonds is 5. The molecule has 0 aromatic rings. The molecule has 0 saturated carbocycles. The molecule has 24 heavy (non-hydrogen) atoms. The summed E-state index contributed by atoms with van der Waals surface area (Å²) in [6.07, 6.45) is -0.316. The Morgan fingerprint density at radius 2 is 1.96 bits per heavy atom. The molecule has 0 bridgehead atoms. The molecule has 2 aliphatic heterocycles. The first-order chi connectivity index (χ1) is 10.4. The number of hydrogen-bond acceptors (Lipinski definition) is 3. The lowest BCUT2D eigenvalue weighted by atomic mass is 10.0. The minimum atomic E-state index is -4.16. The van der Waals surface area contributed by atoms with E-state index in [0.29, 0.717) is 26.2 Å². The van der Waals surface area contributed by atoms with Crippen LogP contribution in [0.3, 0.4) is 0 Å². The van der Waals surface area contributed by atoms with Crippen molar-refractivity contribution in [1.82, 2.24) is 15.1 Å². The zero-order valence-electron chi connectivity index (χ0n) is 14.0. The number of alkyl halides is 3. The lowest BCUT2D eigenvalue weighted by molar-refractivity contribution is -0.146. The van der Waals surface area contributed by atoms with E-state index in [-0.39, 0.29) is 42.7 Å². The van der Waals surface area contributed by atoms with Gasteiger partial charge in [-0.2, -0.15) is 13.2 Å². The maximum Gasteiger partial charge on any atom is 0.401 e. The number of carbonyl (C=O) groups is 1. The molecule has 2 aliphatic rings. The molecule has 0 radical (unpaired) electrons. The van der Waals surface area contributed by atoms with Gasteiger partial charge in [-0.15, -0.1) is 24.8 Å². The maximum atomic E-state index is 12.5. The highest BCUT2D eigenvalue weighted by Crippen LogP contribution is 2.22. The zero-order valence-corrected chi connectivity index (χ0v) is 15.6. The Balaban J connectivity index is 0.00000264. The maximum absolute atomic E-state index is 12.5. The molecule has 2 fully saturated rings. The quantitative estimate of drug-likeness (QED) is 0.779. The molecule has 0 aromatic carbocycles. The largest absolute Gasteiger partial charge is 0.401 e. The minimum Gasteiger partial charge on any atom is -0.341 e. The fourth-order valence-corrected chi connectivity index (χ4v) is 3.39. The summed E-state index contributed by atoms with van der Waals surface area (Å²) in [5, 5.41) is 3.24. The van der Waals surface area contributed by atoms with Crippen LogP contribution in [0.15, 0.2) is 0 Å². The van der Waals surface area contributed by atoms with Crippen molar-refractivity contribution in [3.05, 3.63) is 0 Å². The third-order valence-corrected chi connectivity index (χ3v) is 4.57. The molecule has 0 aliphatic carbocycles. The smallest absolute Gasteiger partial charge is 0.341 e. The molecule has 1 amide bonds. The number of carbonyl (C=O) groups excluding carboxylic acids is 1. The van der Waals surface area contributed by atoms with Crippen molar-refractivity contribution < 1.29 is 18.0 Å². The third-order valence-electron chi connectivity index (χ3n) is 4.57. The number of halogens is 5. The van der Waals surface area contributed by atoms with Gasteiger partial charge in [0.2, 0.25) is 5.91 Å². The lowest BCUT2D eigenvalue weighted by Crippen LogP contribution is -2.48. The summed E-state index contributed by atoms with van der Waals surface area (Å²) in [4.78, 5) is 15.7. The van der Waals surface area contributed by atoms with Gasteiger partial charge in [-0.1, -0.05) is 13.3 Å². The Hall–Kier alpha value is -0.240. The van der Waals surface area contributed by atoms with Gasteiger partial charge in [0, 0.05) is 19.6 Å². The van der Waals surface area contributed by atoms with Gasteiger partial charge >= 0.3 is 6.18 Å². The summed E-state index contributed by atoms with van der Waals surface area (Å²) >= 11 is 0. The van der Waals surface area contributed by atoms with E-state index in [1.807, 2.05) is 4.90 Å². The molecule has 9 heteroatoms. The van der Waals surface area contributed by atoms with Crippen molar-refractivity contribution in [3.8, 4) is 0 Å². The summed E-state index contributed by atoms with van der Waals surface area (Å²) in [6, 6.07) is -0.0926. The molecular formula is C15H28Cl2F3N3O. The summed E-state index contributed by atoms with van der Waals surface area (Å²) in [6.45, 7) is 3.82. The first-order valence-electron chi connectivity index (χ1n) is 8.20. The zero-order chi connectivity index (χ0) is 16.2. The molecule has 2 saturated heterocycles. The normalized spacial score (nSPS) is 24.5. The molecule has 1 N–H and O–H groups in total. The molecule has 0 aromatic heterocycles. The summed E-state index contributed by atoms with van der Waals surface area (Å²) in [5.41, 5.74) is 0. The SMILES string of the molecule is CCN(CC1CCN(C(=O)[C@H]2CCCCN2)C1)CC(F)(F)F.Cl.Cl. The van der Waals surface area contributed by atoms with E-state index in [4.69, 9.17) is 0 Å². The van der Waals surface area contributed by atoms with Gasteiger partial charge in [-0.3, -0.25) is 9.69 Å². The fraction of sp³-hybridized carbons (Fsp3) is 0.933. The molecule has 2 atom stereocenters. The molecule has 144 valence electrons. The second-order valence-electron chi connectivity index (χ2n) is 6.38. The van der Waals surface area contributed by atoms with E-state index >= 15 is 0 Å². The molecule has 1 unspecified atom stereocenters. The van der Waals surface area contributed by atoms with Crippen LogP contribution in [0, 0.1) is 5.92 Å². The van der Waals surface area contributed by atoms with Gasteiger partial charge in [0.05, 0.1) is 12.6 Å². The van der Waals surface area contributed by atoms with Crippen LogP contribution < -0.4 is 5.32 Å². The van der Waals surface area contributed by atoms with Crippen molar-refractivity contribution in [2.45, 2.75) is 44.8 Å². The molecule has 4 nitrogen and oxygen atoms in total. The number of piperidine rings is 1. The van der Waals surface area contributed by atoms with Crippen LogP contribution in [-0.4, -0.2) is 67.2 Å². The second kappa shape index (κ2) is 10.7. The lowest BCUT2D eigenvalue weighted by Gasteiger charge is -2.28. The van der Waals surface area contributed by atoms with E-state index in [0.717, 1.165) is 32.2 Å². The van der Waals surface area contributed by atoms with Crippen molar-refractivity contribution in [1.29, 1.82) is 0 Å². The topological polar surface area (TPSA) is 35.6 Å². The van der Waals surface area contributed by atoms with Crippen LogP contribution in [0.25, 0.3) is 0 Å².